The van der Waals surface area contributed by atoms with Crippen LogP contribution < -0.4 is 5.32 Å². The van der Waals surface area contributed by atoms with Gasteiger partial charge in [-0.05, 0) is 18.2 Å². The van der Waals surface area contributed by atoms with Gasteiger partial charge in [-0.25, -0.2) is 8.42 Å². The van der Waals surface area contributed by atoms with Crippen LogP contribution in [0.1, 0.15) is 12.5 Å². The maximum atomic E-state index is 12.7. The fourth-order valence-corrected chi connectivity index (χ4v) is 3.46. The van der Waals surface area contributed by atoms with Gasteiger partial charge in [0, 0.05) is 19.6 Å². The van der Waals surface area contributed by atoms with Gasteiger partial charge in [0.25, 0.3) is 0 Å². The molecular formula is C15H22N2O2S. The first-order valence-electron chi connectivity index (χ1n) is 6.58. The maximum Gasteiger partial charge on any atom is 0.243 e. The highest BCUT2D eigenvalue weighted by molar-refractivity contribution is 7.89. The van der Waals surface area contributed by atoms with Crippen molar-refractivity contribution in [2.75, 3.05) is 19.6 Å². The summed E-state index contributed by atoms with van der Waals surface area (Å²) in [6, 6.07) is 7.05. The summed E-state index contributed by atoms with van der Waals surface area (Å²) >= 11 is 0. The summed E-state index contributed by atoms with van der Waals surface area (Å²) in [7, 11) is -3.54. The van der Waals surface area contributed by atoms with E-state index in [1.54, 1.807) is 24.3 Å². The van der Waals surface area contributed by atoms with E-state index < -0.39 is 10.0 Å². The van der Waals surface area contributed by atoms with Crippen molar-refractivity contribution in [1.29, 1.82) is 0 Å². The molecule has 0 bridgehead atoms. The van der Waals surface area contributed by atoms with Crippen LogP contribution in [-0.2, 0) is 16.6 Å². The van der Waals surface area contributed by atoms with Gasteiger partial charge >= 0.3 is 0 Å². The third-order valence-electron chi connectivity index (χ3n) is 2.82. The number of sulfonamides is 1. The van der Waals surface area contributed by atoms with E-state index in [4.69, 9.17) is 0 Å². The number of rotatable bonds is 9. The van der Waals surface area contributed by atoms with E-state index in [0.29, 0.717) is 11.4 Å². The SMILES string of the molecule is C=CCN(CC=C)S(=O)(=O)c1ccccc1CNCC. The van der Waals surface area contributed by atoms with Gasteiger partial charge in [0.2, 0.25) is 10.0 Å². The molecule has 20 heavy (non-hydrogen) atoms. The van der Waals surface area contributed by atoms with Crippen LogP contribution in [0.2, 0.25) is 0 Å². The van der Waals surface area contributed by atoms with Crippen molar-refractivity contribution >= 4 is 10.0 Å². The van der Waals surface area contributed by atoms with Crippen molar-refractivity contribution in [3.8, 4) is 0 Å². The van der Waals surface area contributed by atoms with Crippen LogP contribution >= 0.6 is 0 Å². The van der Waals surface area contributed by atoms with Crippen LogP contribution in [-0.4, -0.2) is 32.4 Å². The van der Waals surface area contributed by atoms with E-state index in [2.05, 4.69) is 18.5 Å². The average molecular weight is 294 g/mol. The summed E-state index contributed by atoms with van der Waals surface area (Å²) in [5.41, 5.74) is 0.771. The molecule has 110 valence electrons. The molecule has 5 heteroatoms. The highest BCUT2D eigenvalue weighted by Gasteiger charge is 2.24. The number of hydrogen-bond acceptors (Lipinski definition) is 3. The van der Waals surface area contributed by atoms with Gasteiger partial charge in [-0.2, -0.15) is 4.31 Å². The predicted octanol–water partition coefficient (Wildman–Crippen LogP) is 2.16. The van der Waals surface area contributed by atoms with Crippen LogP contribution in [0.15, 0.2) is 54.5 Å². The quantitative estimate of drug-likeness (QED) is 0.710. The molecule has 1 rings (SSSR count). The predicted molar refractivity (Wildman–Crippen MR) is 83.0 cm³/mol. The number of benzene rings is 1. The molecule has 1 aromatic carbocycles. The molecule has 1 aromatic rings. The molecule has 0 saturated heterocycles. The Kier molecular flexibility index (Phi) is 6.64. The van der Waals surface area contributed by atoms with E-state index in [-0.39, 0.29) is 13.1 Å². The van der Waals surface area contributed by atoms with Gasteiger partial charge in [-0.1, -0.05) is 37.3 Å². The molecule has 0 amide bonds. The van der Waals surface area contributed by atoms with Crippen molar-refractivity contribution < 1.29 is 8.42 Å². The molecule has 0 aliphatic carbocycles. The number of hydrogen-bond donors (Lipinski definition) is 1. The fraction of sp³-hybridized carbons (Fsp3) is 0.333. The Morgan fingerprint density at radius 2 is 1.80 bits per heavy atom. The van der Waals surface area contributed by atoms with Gasteiger partial charge in [-0.15, -0.1) is 13.2 Å². The van der Waals surface area contributed by atoms with Crippen LogP contribution in [0.3, 0.4) is 0 Å². The molecule has 0 heterocycles. The Bertz CT molecular complexity index is 543. The van der Waals surface area contributed by atoms with Crippen LogP contribution in [0, 0.1) is 0 Å². The van der Waals surface area contributed by atoms with Crippen molar-refractivity contribution in [2.24, 2.45) is 0 Å². The Labute approximate surface area is 121 Å². The van der Waals surface area contributed by atoms with Crippen LogP contribution in [0.5, 0.6) is 0 Å². The minimum atomic E-state index is -3.54. The molecule has 0 aliphatic heterocycles. The highest BCUT2D eigenvalue weighted by Crippen LogP contribution is 2.20. The average Bonchev–Trinajstić information content (AvgIpc) is 2.45. The maximum absolute atomic E-state index is 12.7. The Morgan fingerprint density at radius 1 is 1.20 bits per heavy atom. The molecule has 1 N–H and O–H groups in total. The summed E-state index contributed by atoms with van der Waals surface area (Å²) in [5.74, 6) is 0. The summed E-state index contributed by atoms with van der Waals surface area (Å²) in [5, 5.41) is 3.16. The number of nitrogens with one attached hydrogen (secondary N) is 1. The van der Waals surface area contributed by atoms with Crippen molar-refractivity contribution in [3.05, 3.63) is 55.1 Å². The zero-order valence-corrected chi connectivity index (χ0v) is 12.7. The van der Waals surface area contributed by atoms with Crippen LogP contribution in [0.25, 0.3) is 0 Å². The molecule has 0 fully saturated rings. The Balaban J connectivity index is 3.18. The lowest BCUT2D eigenvalue weighted by Gasteiger charge is -2.21. The number of nitrogens with zero attached hydrogens (tertiary/aromatic N) is 1. The van der Waals surface area contributed by atoms with Gasteiger partial charge in [-0.3, -0.25) is 0 Å². The van der Waals surface area contributed by atoms with Gasteiger partial charge in [0.1, 0.15) is 0 Å². The minimum absolute atomic E-state index is 0.268. The lowest BCUT2D eigenvalue weighted by molar-refractivity contribution is 0.473. The van der Waals surface area contributed by atoms with Crippen LogP contribution in [0.4, 0.5) is 0 Å². The highest BCUT2D eigenvalue weighted by atomic mass is 32.2. The standard InChI is InChI=1S/C15H22N2O2S/c1-4-11-17(12-5-2)20(18,19)15-10-8-7-9-14(15)13-16-6-3/h4-5,7-10,16H,1-2,6,11-13H2,3H3. The molecule has 0 saturated carbocycles. The first-order valence-corrected chi connectivity index (χ1v) is 8.02. The van der Waals surface area contributed by atoms with E-state index in [9.17, 15) is 8.42 Å². The zero-order valence-electron chi connectivity index (χ0n) is 11.9. The molecule has 0 aromatic heterocycles. The summed E-state index contributed by atoms with van der Waals surface area (Å²) < 4.78 is 26.8. The third kappa shape index (κ3) is 4.03. The zero-order chi connectivity index (χ0) is 15.0. The molecule has 0 radical (unpaired) electrons. The van der Waals surface area contributed by atoms with E-state index >= 15 is 0 Å². The fourth-order valence-electron chi connectivity index (χ4n) is 1.86. The minimum Gasteiger partial charge on any atom is -0.313 e. The first-order chi connectivity index (χ1) is 9.57. The van der Waals surface area contributed by atoms with Gasteiger partial charge in [0.05, 0.1) is 4.90 Å². The van der Waals surface area contributed by atoms with E-state index in [1.165, 1.54) is 4.31 Å². The Morgan fingerprint density at radius 3 is 2.35 bits per heavy atom. The van der Waals surface area contributed by atoms with Crippen molar-refractivity contribution in [2.45, 2.75) is 18.4 Å². The molecular weight excluding hydrogens is 272 g/mol. The van der Waals surface area contributed by atoms with Crippen molar-refractivity contribution in [3.63, 3.8) is 0 Å². The third-order valence-corrected chi connectivity index (χ3v) is 4.75. The second kappa shape index (κ2) is 7.99. The Hall–Kier alpha value is -1.43. The summed E-state index contributed by atoms with van der Waals surface area (Å²) in [4.78, 5) is 0.338. The lowest BCUT2D eigenvalue weighted by Crippen LogP contribution is -2.32. The molecule has 0 unspecified atom stereocenters. The largest absolute Gasteiger partial charge is 0.313 e. The van der Waals surface area contributed by atoms with Gasteiger partial charge in [0.15, 0.2) is 0 Å². The second-order valence-electron chi connectivity index (χ2n) is 4.29. The normalized spacial score (nSPS) is 11.5. The smallest absolute Gasteiger partial charge is 0.243 e. The topological polar surface area (TPSA) is 49.4 Å². The molecule has 0 spiro atoms. The molecule has 0 aliphatic rings. The lowest BCUT2D eigenvalue weighted by atomic mass is 10.2. The summed E-state index contributed by atoms with van der Waals surface area (Å²) in [6.07, 6.45) is 3.15. The van der Waals surface area contributed by atoms with E-state index in [1.807, 2.05) is 19.1 Å². The van der Waals surface area contributed by atoms with Gasteiger partial charge < -0.3 is 5.32 Å². The first kappa shape index (κ1) is 16.6. The van der Waals surface area contributed by atoms with E-state index in [0.717, 1.165) is 12.1 Å². The summed E-state index contributed by atoms with van der Waals surface area (Å²) in [6.45, 7) is 11.1. The monoisotopic (exact) mass is 294 g/mol. The second-order valence-corrected chi connectivity index (χ2v) is 6.19. The molecule has 4 nitrogen and oxygen atoms in total. The van der Waals surface area contributed by atoms with Crippen molar-refractivity contribution in [1.82, 2.24) is 9.62 Å². The molecule has 0 atom stereocenters.